The predicted molar refractivity (Wildman–Crippen MR) is 97.8 cm³/mol. The number of thiophene rings is 2. The van der Waals surface area contributed by atoms with Crippen LogP contribution in [-0.4, -0.2) is 60.4 Å². The van der Waals surface area contributed by atoms with Crippen LogP contribution in [0.1, 0.15) is 28.9 Å². The standard InChI is InChI=1S/C17H21N3O2S2/c21-16(12-3-1-2-5-18-12)19-6-8-20(9-7-19)17(22)15-11-14-13(24-15)4-10-23-14/h4,10-12,18H,1-3,5-9H2. The van der Waals surface area contributed by atoms with E-state index in [0.29, 0.717) is 26.2 Å². The molecular formula is C17H21N3O2S2. The number of hydrogen-bond acceptors (Lipinski definition) is 5. The Morgan fingerprint density at radius 2 is 1.88 bits per heavy atom. The van der Waals surface area contributed by atoms with Gasteiger partial charge >= 0.3 is 0 Å². The van der Waals surface area contributed by atoms with Gasteiger partial charge in [0, 0.05) is 35.6 Å². The third-order valence-electron chi connectivity index (χ3n) is 4.84. The van der Waals surface area contributed by atoms with Gasteiger partial charge in [-0.2, -0.15) is 0 Å². The molecule has 0 radical (unpaired) electrons. The van der Waals surface area contributed by atoms with Gasteiger partial charge in [-0.1, -0.05) is 6.42 Å². The van der Waals surface area contributed by atoms with Crippen LogP contribution in [-0.2, 0) is 4.79 Å². The number of carbonyl (C=O) groups excluding carboxylic acids is 2. The van der Waals surface area contributed by atoms with Gasteiger partial charge in [0.2, 0.25) is 5.91 Å². The van der Waals surface area contributed by atoms with Crippen molar-refractivity contribution in [3.05, 3.63) is 22.4 Å². The van der Waals surface area contributed by atoms with Crippen LogP contribution in [0.3, 0.4) is 0 Å². The molecule has 0 spiro atoms. The molecule has 2 fully saturated rings. The number of piperazine rings is 1. The minimum atomic E-state index is -0.0231. The lowest BCUT2D eigenvalue weighted by atomic mass is 10.0. The zero-order chi connectivity index (χ0) is 16.5. The second-order valence-corrected chi connectivity index (χ2v) is 8.41. The van der Waals surface area contributed by atoms with Crippen LogP contribution in [0, 0.1) is 0 Å². The minimum Gasteiger partial charge on any atom is -0.338 e. The topological polar surface area (TPSA) is 52.7 Å². The molecule has 5 nitrogen and oxygen atoms in total. The van der Waals surface area contributed by atoms with Crippen LogP contribution in [0.15, 0.2) is 17.5 Å². The molecule has 0 aliphatic carbocycles. The number of piperidine rings is 1. The van der Waals surface area contributed by atoms with Gasteiger partial charge in [0.1, 0.15) is 0 Å². The first-order chi connectivity index (χ1) is 11.7. The van der Waals surface area contributed by atoms with Gasteiger partial charge in [-0.25, -0.2) is 0 Å². The molecule has 2 aromatic heterocycles. The summed E-state index contributed by atoms with van der Waals surface area (Å²) in [5.41, 5.74) is 0. The SMILES string of the molecule is O=C(c1cc2sccc2s1)N1CCN(C(=O)C2CCCCN2)CC1. The monoisotopic (exact) mass is 363 g/mol. The Bertz CT molecular complexity index is 711. The van der Waals surface area contributed by atoms with Gasteiger partial charge in [0.05, 0.1) is 10.9 Å². The molecule has 0 saturated carbocycles. The van der Waals surface area contributed by atoms with E-state index in [1.807, 2.05) is 15.9 Å². The van der Waals surface area contributed by atoms with Crippen LogP contribution >= 0.6 is 22.7 Å². The predicted octanol–water partition coefficient (Wildman–Crippen LogP) is 2.39. The Balaban J connectivity index is 1.36. The number of rotatable bonds is 2. The molecule has 2 aliphatic rings. The summed E-state index contributed by atoms with van der Waals surface area (Å²) in [6.45, 7) is 3.47. The normalized spacial score (nSPS) is 22.1. The minimum absolute atomic E-state index is 0.0231. The molecule has 4 rings (SSSR count). The zero-order valence-corrected chi connectivity index (χ0v) is 15.1. The molecule has 0 aromatic carbocycles. The summed E-state index contributed by atoms with van der Waals surface area (Å²) in [4.78, 5) is 29.8. The maximum atomic E-state index is 12.7. The molecule has 2 saturated heterocycles. The van der Waals surface area contributed by atoms with Crippen molar-refractivity contribution in [3.63, 3.8) is 0 Å². The molecule has 1 N–H and O–H groups in total. The van der Waals surface area contributed by atoms with Crippen molar-refractivity contribution in [3.8, 4) is 0 Å². The fourth-order valence-electron chi connectivity index (χ4n) is 3.44. The van der Waals surface area contributed by atoms with Crippen LogP contribution in [0.5, 0.6) is 0 Å². The molecule has 1 unspecified atom stereocenters. The van der Waals surface area contributed by atoms with Crippen LogP contribution < -0.4 is 5.32 Å². The van der Waals surface area contributed by atoms with E-state index < -0.39 is 0 Å². The molecule has 4 heterocycles. The summed E-state index contributed by atoms with van der Waals surface area (Å²) in [5, 5.41) is 5.37. The maximum absolute atomic E-state index is 12.7. The van der Waals surface area contributed by atoms with E-state index >= 15 is 0 Å². The summed E-state index contributed by atoms with van der Waals surface area (Å²) in [7, 11) is 0. The third kappa shape index (κ3) is 3.08. The largest absolute Gasteiger partial charge is 0.338 e. The van der Waals surface area contributed by atoms with Crippen molar-refractivity contribution in [1.82, 2.24) is 15.1 Å². The Hall–Kier alpha value is -1.44. The van der Waals surface area contributed by atoms with Gasteiger partial charge in [-0.15, -0.1) is 22.7 Å². The third-order valence-corrected chi connectivity index (χ3v) is 6.92. The lowest BCUT2D eigenvalue weighted by Gasteiger charge is -2.37. The van der Waals surface area contributed by atoms with Gasteiger partial charge in [0.15, 0.2) is 0 Å². The molecule has 7 heteroatoms. The van der Waals surface area contributed by atoms with Gasteiger partial charge < -0.3 is 15.1 Å². The first-order valence-corrected chi connectivity index (χ1v) is 10.2. The molecular weight excluding hydrogens is 342 g/mol. The van der Waals surface area contributed by atoms with E-state index in [-0.39, 0.29) is 17.9 Å². The van der Waals surface area contributed by atoms with Crippen LogP contribution in [0.4, 0.5) is 0 Å². The summed E-state index contributed by atoms with van der Waals surface area (Å²) < 4.78 is 2.36. The van der Waals surface area contributed by atoms with E-state index in [4.69, 9.17) is 0 Å². The highest BCUT2D eigenvalue weighted by Crippen LogP contribution is 2.30. The smallest absolute Gasteiger partial charge is 0.264 e. The van der Waals surface area contributed by atoms with Crippen molar-refractivity contribution < 1.29 is 9.59 Å². The van der Waals surface area contributed by atoms with E-state index in [0.717, 1.165) is 30.7 Å². The number of amides is 2. The highest BCUT2D eigenvalue weighted by atomic mass is 32.1. The van der Waals surface area contributed by atoms with E-state index in [1.165, 1.54) is 9.40 Å². The Kier molecular flexibility index (Phi) is 4.56. The van der Waals surface area contributed by atoms with Gasteiger partial charge in [0.25, 0.3) is 5.91 Å². The van der Waals surface area contributed by atoms with Crippen molar-refractivity contribution in [2.45, 2.75) is 25.3 Å². The first kappa shape index (κ1) is 16.1. The number of hydrogen-bond donors (Lipinski definition) is 1. The quantitative estimate of drug-likeness (QED) is 0.891. The van der Waals surface area contributed by atoms with E-state index in [2.05, 4.69) is 16.8 Å². The fraction of sp³-hybridized carbons (Fsp3) is 0.529. The number of fused-ring (bicyclic) bond motifs is 1. The Morgan fingerprint density at radius 1 is 1.08 bits per heavy atom. The average molecular weight is 364 g/mol. The second kappa shape index (κ2) is 6.82. The number of nitrogens with one attached hydrogen (secondary N) is 1. The molecule has 128 valence electrons. The van der Waals surface area contributed by atoms with E-state index in [1.54, 1.807) is 22.7 Å². The molecule has 2 aliphatic heterocycles. The first-order valence-electron chi connectivity index (χ1n) is 8.51. The van der Waals surface area contributed by atoms with Crippen molar-refractivity contribution in [2.24, 2.45) is 0 Å². The second-order valence-electron chi connectivity index (χ2n) is 6.38. The maximum Gasteiger partial charge on any atom is 0.264 e. The molecule has 0 bridgehead atoms. The van der Waals surface area contributed by atoms with Crippen LogP contribution in [0.25, 0.3) is 9.40 Å². The van der Waals surface area contributed by atoms with E-state index in [9.17, 15) is 9.59 Å². The van der Waals surface area contributed by atoms with Crippen molar-refractivity contribution in [2.75, 3.05) is 32.7 Å². The van der Waals surface area contributed by atoms with Gasteiger partial charge in [-0.05, 0) is 36.9 Å². The van der Waals surface area contributed by atoms with Crippen molar-refractivity contribution >= 4 is 43.9 Å². The summed E-state index contributed by atoms with van der Waals surface area (Å²) in [6.07, 6.45) is 3.21. The lowest BCUT2D eigenvalue weighted by Crippen LogP contribution is -2.55. The Morgan fingerprint density at radius 3 is 2.58 bits per heavy atom. The highest BCUT2D eigenvalue weighted by molar-refractivity contribution is 7.27. The van der Waals surface area contributed by atoms with Crippen LogP contribution in [0.2, 0.25) is 0 Å². The summed E-state index contributed by atoms with van der Waals surface area (Å²) in [5.74, 6) is 0.310. The molecule has 2 amide bonds. The molecule has 2 aromatic rings. The lowest BCUT2D eigenvalue weighted by molar-refractivity contribution is -0.135. The number of nitrogens with zero attached hydrogens (tertiary/aromatic N) is 2. The molecule has 24 heavy (non-hydrogen) atoms. The summed E-state index contributed by atoms with van der Waals surface area (Å²) >= 11 is 3.24. The van der Waals surface area contributed by atoms with Crippen molar-refractivity contribution in [1.29, 1.82) is 0 Å². The highest BCUT2D eigenvalue weighted by Gasteiger charge is 2.30. The van der Waals surface area contributed by atoms with Gasteiger partial charge in [-0.3, -0.25) is 9.59 Å². The Labute approximate surface area is 149 Å². The zero-order valence-electron chi connectivity index (χ0n) is 13.5. The average Bonchev–Trinajstić information content (AvgIpc) is 3.23. The number of carbonyl (C=O) groups is 2. The summed E-state index contributed by atoms with van der Waals surface area (Å²) in [6, 6.07) is 4.04. The fourth-order valence-corrected chi connectivity index (χ4v) is 5.52. The molecule has 1 atom stereocenters.